The van der Waals surface area contributed by atoms with Crippen LogP contribution in [-0.2, 0) is 6.54 Å². The normalized spacial score (nSPS) is 12.2. The summed E-state index contributed by atoms with van der Waals surface area (Å²) in [5, 5.41) is 6.51. The van der Waals surface area contributed by atoms with Gasteiger partial charge < -0.3 is 20.1 Å². The Balaban J connectivity index is 2.00. The molecule has 0 aromatic heterocycles. The van der Waals surface area contributed by atoms with Gasteiger partial charge in [0.2, 0.25) is 0 Å². The lowest BCUT2D eigenvalue weighted by Gasteiger charge is -2.19. The molecule has 0 saturated heterocycles. The number of methoxy groups -OCH3 is 1. The fraction of sp³-hybridized carbons (Fsp3) is 0.286. The third-order valence-electron chi connectivity index (χ3n) is 4.03. The molecule has 0 radical (unpaired) electrons. The third-order valence-corrected chi connectivity index (χ3v) is 4.03. The van der Waals surface area contributed by atoms with Crippen LogP contribution in [0.5, 0.6) is 11.5 Å². The minimum Gasteiger partial charge on any atom is -0.494 e. The summed E-state index contributed by atoms with van der Waals surface area (Å²) < 4.78 is 24.6. The Morgan fingerprint density at radius 1 is 1.26 bits per heavy atom. The van der Waals surface area contributed by atoms with Crippen LogP contribution in [0.25, 0.3) is 0 Å². The van der Waals surface area contributed by atoms with Gasteiger partial charge in [-0.3, -0.25) is 4.99 Å². The summed E-state index contributed by atoms with van der Waals surface area (Å²) in [6, 6.07) is 12.6. The first-order valence-electron chi connectivity index (χ1n) is 8.71. The molecule has 2 N–H and O–H groups in total. The van der Waals surface area contributed by atoms with Crippen molar-refractivity contribution in [3.8, 4) is 11.5 Å². The molecule has 0 saturated carbocycles. The molecule has 0 bridgehead atoms. The standard InChI is InChI=1S/C21H26FN3O2/c1-5-12-27-19-9-7-6-8-17(19)14-24-21(23-3)25-15(2)16-10-11-20(26-4)18(22)13-16/h5-11,13,15H,1,12,14H2,2-4H3,(H2,23,24,25). The van der Waals surface area contributed by atoms with E-state index in [1.54, 1.807) is 19.2 Å². The van der Waals surface area contributed by atoms with Crippen LogP contribution in [-0.4, -0.2) is 26.7 Å². The van der Waals surface area contributed by atoms with E-state index >= 15 is 0 Å². The lowest BCUT2D eigenvalue weighted by Crippen LogP contribution is -2.38. The Morgan fingerprint density at radius 2 is 2.04 bits per heavy atom. The van der Waals surface area contributed by atoms with Gasteiger partial charge in [-0.05, 0) is 30.7 Å². The van der Waals surface area contributed by atoms with Crippen LogP contribution in [0.15, 0.2) is 60.1 Å². The predicted octanol–water partition coefficient (Wildman–Crippen LogP) is 3.83. The molecule has 0 fully saturated rings. The van der Waals surface area contributed by atoms with Crippen LogP contribution in [0.1, 0.15) is 24.1 Å². The molecular weight excluding hydrogens is 345 g/mol. The van der Waals surface area contributed by atoms with Crippen LogP contribution in [0.3, 0.4) is 0 Å². The van der Waals surface area contributed by atoms with Gasteiger partial charge >= 0.3 is 0 Å². The van der Waals surface area contributed by atoms with Crippen molar-refractivity contribution in [3.05, 3.63) is 72.1 Å². The first-order valence-corrected chi connectivity index (χ1v) is 8.71. The lowest BCUT2D eigenvalue weighted by atomic mass is 10.1. The maximum atomic E-state index is 13.9. The van der Waals surface area contributed by atoms with Gasteiger partial charge in [-0.25, -0.2) is 4.39 Å². The Labute approximate surface area is 159 Å². The average molecular weight is 371 g/mol. The van der Waals surface area contributed by atoms with Crippen molar-refractivity contribution in [3.63, 3.8) is 0 Å². The van der Waals surface area contributed by atoms with Gasteiger partial charge in [0.15, 0.2) is 17.5 Å². The maximum Gasteiger partial charge on any atom is 0.191 e. The Hall–Kier alpha value is -3.02. The molecule has 1 atom stereocenters. The van der Waals surface area contributed by atoms with E-state index in [0.717, 1.165) is 16.9 Å². The van der Waals surface area contributed by atoms with Crippen LogP contribution < -0.4 is 20.1 Å². The van der Waals surface area contributed by atoms with Gasteiger partial charge in [-0.15, -0.1) is 0 Å². The number of aliphatic imine (C=N–C) groups is 1. The Morgan fingerprint density at radius 3 is 2.70 bits per heavy atom. The van der Waals surface area contributed by atoms with E-state index in [1.165, 1.54) is 13.2 Å². The van der Waals surface area contributed by atoms with Gasteiger partial charge in [-0.1, -0.05) is 36.9 Å². The van der Waals surface area contributed by atoms with Crippen LogP contribution in [0.4, 0.5) is 4.39 Å². The zero-order valence-corrected chi connectivity index (χ0v) is 16.0. The molecule has 5 nitrogen and oxygen atoms in total. The van der Waals surface area contributed by atoms with Gasteiger partial charge in [0.25, 0.3) is 0 Å². The molecule has 0 aliphatic rings. The minimum atomic E-state index is -0.389. The smallest absolute Gasteiger partial charge is 0.191 e. The molecule has 2 rings (SSSR count). The van der Waals surface area contributed by atoms with Crippen molar-refractivity contribution < 1.29 is 13.9 Å². The summed E-state index contributed by atoms with van der Waals surface area (Å²) in [6.45, 7) is 6.59. The maximum absolute atomic E-state index is 13.9. The van der Waals surface area contributed by atoms with E-state index in [2.05, 4.69) is 22.2 Å². The number of rotatable bonds is 8. The number of para-hydroxylation sites is 1. The van der Waals surface area contributed by atoms with Crippen molar-refractivity contribution in [2.45, 2.75) is 19.5 Å². The summed E-state index contributed by atoms with van der Waals surface area (Å²) >= 11 is 0. The van der Waals surface area contributed by atoms with Crippen molar-refractivity contribution in [2.75, 3.05) is 20.8 Å². The van der Waals surface area contributed by atoms with Crippen molar-refractivity contribution in [2.24, 2.45) is 4.99 Å². The highest BCUT2D eigenvalue weighted by Gasteiger charge is 2.12. The molecule has 2 aromatic carbocycles. The summed E-state index contributed by atoms with van der Waals surface area (Å²) in [6.07, 6.45) is 1.71. The second-order valence-electron chi connectivity index (χ2n) is 5.89. The number of hydrogen-bond donors (Lipinski definition) is 2. The topological polar surface area (TPSA) is 54.9 Å². The van der Waals surface area contributed by atoms with E-state index in [0.29, 0.717) is 19.1 Å². The number of hydrogen-bond acceptors (Lipinski definition) is 3. The third kappa shape index (κ3) is 5.74. The number of nitrogens with zero attached hydrogens (tertiary/aromatic N) is 1. The molecule has 0 aliphatic heterocycles. The van der Waals surface area contributed by atoms with E-state index in [-0.39, 0.29) is 17.6 Å². The second kappa shape index (κ2) is 10.2. The Bertz CT molecular complexity index is 793. The number of nitrogens with one attached hydrogen (secondary N) is 2. The van der Waals surface area contributed by atoms with E-state index in [4.69, 9.17) is 9.47 Å². The monoisotopic (exact) mass is 371 g/mol. The van der Waals surface area contributed by atoms with E-state index < -0.39 is 0 Å². The van der Waals surface area contributed by atoms with Crippen LogP contribution in [0.2, 0.25) is 0 Å². The summed E-state index contributed by atoms with van der Waals surface area (Å²) in [7, 11) is 3.14. The molecule has 144 valence electrons. The molecule has 0 spiro atoms. The van der Waals surface area contributed by atoms with E-state index in [1.807, 2.05) is 37.3 Å². The lowest BCUT2D eigenvalue weighted by molar-refractivity contribution is 0.358. The highest BCUT2D eigenvalue weighted by atomic mass is 19.1. The van der Waals surface area contributed by atoms with E-state index in [9.17, 15) is 4.39 Å². The summed E-state index contributed by atoms with van der Waals surface area (Å²) in [5.74, 6) is 1.24. The highest BCUT2D eigenvalue weighted by Crippen LogP contribution is 2.22. The van der Waals surface area contributed by atoms with Crippen LogP contribution in [0, 0.1) is 5.82 Å². The van der Waals surface area contributed by atoms with Gasteiger partial charge in [0.1, 0.15) is 12.4 Å². The Kier molecular flexibility index (Phi) is 7.67. The predicted molar refractivity (Wildman–Crippen MR) is 107 cm³/mol. The number of ether oxygens (including phenoxy) is 2. The zero-order chi connectivity index (χ0) is 19.6. The van der Waals surface area contributed by atoms with Crippen molar-refractivity contribution >= 4 is 5.96 Å². The SMILES string of the molecule is C=CCOc1ccccc1CNC(=NC)NC(C)c1ccc(OC)c(F)c1. The number of guanidine groups is 1. The van der Waals surface area contributed by atoms with Crippen LogP contribution >= 0.6 is 0 Å². The average Bonchev–Trinajstić information content (AvgIpc) is 2.69. The fourth-order valence-corrected chi connectivity index (χ4v) is 2.55. The molecule has 6 heteroatoms. The quantitative estimate of drug-likeness (QED) is 0.421. The largest absolute Gasteiger partial charge is 0.494 e. The summed E-state index contributed by atoms with van der Waals surface area (Å²) in [5.41, 5.74) is 1.80. The highest BCUT2D eigenvalue weighted by molar-refractivity contribution is 5.80. The summed E-state index contributed by atoms with van der Waals surface area (Å²) in [4.78, 5) is 4.24. The molecule has 0 heterocycles. The first kappa shape index (κ1) is 20.3. The molecular formula is C21H26FN3O2. The van der Waals surface area contributed by atoms with Crippen molar-refractivity contribution in [1.82, 2.24) is 10.6 Å². The second-order valence-corrected chi connectivity index (χ2v) is 5.89. The number of halogens is 1. The zero-order valence-electron chi connectivity index (χ0n) is 16.0. The minimum absolute atomic E-state index is 0.135. The van der Waals surface area contributed by atoms with Gasteiger partial charge in [0.05, 0.1) is 13.2 Å². The molecule has 27 heavy (non-hydrogen) atoms. The van der Waals surface area contributed by atoms with Gasteiger partial charge in [-0.2, -0.15) is 0 Å². The fourth-order valence-electron chi connectivity index (χ4n) is 2.55. The van der Waals surface area contributed by atoms with Crippen molar-refractivity contribution in [1.29, 1.82) is 0 Å². The molecule has 0 aliphatic carbocycles. The molecule has 1 unspecified atom stereocenters. The molecule has 2 aromatic rings. The number of benzene rings is 2. The molecule has 0 amide bonds. The van der Waals surface area contributed by atoms with Gasteiger partial charge in [0, 0.05) is 19.2 Å². The first-order chi connectivity index (χ1) is 13.1.